The van der Waals surface area contributed by atoms with E-state index in [9.17, 15) is 4.79 Å². The molecule has 1 aromatic heterocycles. The number of thiophene rings is 1. The highest BCUT2D eigenvalue weighted by atomic mass is 32.1. The number of carbonyl (C=O) groups is 1. The molecule has 0 aliphatic carbocycles. The molecule has 0 atom stereocenters. The van der Waals surface area contributed by atoms with E-state index in [4.69, 9.17) is 0 Å². The molecule has 0 bridgehead atoms. The number of fused-ring (bicyclic) bond motifs is 1. The lowest BCUT2D eigenvalue weighted by Crippen LogP contribution is -2.13. The van der Waals surface area contributed by atoms with E-state index in [1.54, 1.807) is 11.3 Å². The van der Waals surface area contributed by atoms with Crippen LogP contribution in [-0.2, 0) is 4.79 Å². The topological polar surface area (TPSA) is 41.5 Å². The fraction of sp³-hybridized carbons (Fsp3) is 0.0769. The molecular formula is C13H10N2OS. The van der Waals surface area contributed by atoms with E-state index < -0.39 is 0 Å². The van der Waals surface area contributed by atoms with Crippen molar-refractivity contribution in [1.29, 1.82) is 0 Å². The molecule has 3 rings (SSSR count). The van der Waals surface area contributed by atoms with Gasteiger partial charge in [-0.3, -0.25) is 9.79 Å². The molecule has 0 saturated heterocycles. The largest absolute Gasteiger partial charge is 0.324 e. The van der Waals surface area contributed by atoms with Gasteiger partial charge in [0, 0.05) is 5.56 Å². The van der Waals surface area contributed by atoms with E-state index in [2.05, 4.69) is 10.3 Å². The highest BCUT2D eigenvalue weighted by Gasteiger charge is 2.17. The summed E-state index contributed by atoms with van der Waals surface area (Å²) in [5.41, 5.74) is 2.72. The Kier molecular flexibility index (Phi) is 2.49. The average Bonchev–Trinajstić information content (AvgIpc) is 2.80. The number of hydrogen-bond donors (Lipinski definition) is 1. The predicted octanol–water partition coefficient (Wildman–Crippen LogP) is 2.54. The number of rotatable bonds is 1. The van der Waals surface area contributed by atoms with Gasteiger partial charge in [-0.05, 0) is 17.5 Å². The van der Waals surface area contributed by atoms with Gasteiger partial charge in [0.1, 0.15) is 6.54 Å². The van der Waals surface area contributed by atoms with Gasteiger partial charge in [-0.2, -0.15) is 0 Å². The van der Waals surface area contributed by atoms with Gasteiger partial charge in [0.15, 0.2) is 0 Å². The Labute approximate surface area is 103 Å². The van der Waals surface area contributed by atoms with Crippen LogP contribution in [0.25, 0.3) is 0 Å². The number of carbonyl (C=O) groups excluding carboxylic acids is 1. The summed E-state index contributed by atoms with van der Waals surface area (Å²) in [5.74, 6) is -0.0657. The molecule has 1 N–H and O–H groups in total. The fourth-order valence-electron chi connectivity index (χ4n) is 1.85. The van der Waals surface area contributed by atoms with Gasteiger partial charge in [-0.1, -0.05) is 24.3 Å². The zero-order valence-corrected chi connectivity index (χ0v) is 9.83. The minimum Gasteiger partial charge on any atom is -0.324 e. The molecule has 17 heavy (non-hydrogen) atoms. The smallest absolute Gasteiger partial charge is 0.246 e. The summed E-state index contributed by atoms with van der Waals surface area (Å²) in [6.07, 6.45) is 0. The fourth-order valence-corrected chi connectivity index (χ4v) is 2.60. The molecule has 84 valence electrons. The van der Waals surface area contributed by atoms with Crippen molar-refractivity contribution in [2.45, 2.75) is 0 Å². The van der Waals surface area contributed by atoms with Gasteiger partial charge in [0.05, 0.1) is 16.3 Å². The normalized spacial score (nSPS) is 14.6. The maximum atomic E-state index is 11.5. The lowest BCUT2D eigenvalue weighted by Gasteiger charge is -2.07. The molecule has 2 heterocycles. The number of benzodiazepines with no additional fused rings is 1. The van der Waals surface area contributed by atoms with Crippen LogP contribution in [0.15, 0.2) is 46.8 Å². The first-order valence-corrected chi connectivity index (χ1v) is 6.20. The number of anilines is 1. The maximum Gasteiger partial charge on any atom is 0.246 e. The van der Waals surface area contributed by atoms with Crippen molar-refractivity contribution >= 4 is 28.6 Å². The van der Waals surface area contributed by atoms with Gasteiger partial charge >= 0.3 is 0 Å². The quantitative estimate of drug-likeness (QED) is 0.820. The summed E-state index contributed by atoms with van der Waals surface area (Å²) in [7, 11) is 0. The van der Waals surface area contributed by atoms with Crippen LogP contribution in [0, 0.1) is 0 Å². The maximum absolute atomic E-state index is 11.5. The van der Waals surface area contributed by atoms with Crippen LogP contribution in [0.4, 0.5) is 5.69 Å². The Hall–Kier alpha value is -1.94. The van der Waals surface area contributed by atoms with E-state index in [-0.39, 0.29) is 12.5 Å². The highest BCUT2D eigenvalue weighted by Crippen LogP contribution is 2.24. The molecule has 1 amide bonds. The summed E-state index contributed by atoms with van der Waals surface area (Å²) in [6, 6.07) is 11.8. The monoisotopic (exact) mass is 242 g/mol. The Bertz CT molecular complexity index is 587. The molecule has 0 saturated carbocycles. The van der Waals surface area contributed by atoms with Crippen LogP contribution in [0.1, 0.15) is 10.4 Å². The van der Waals surface area contributed by atoms with E-state index >= 15 is 0 Å². The standard InChI is InChI=1S/C13H10N2OS/c16-12-8-14-13(11-6-3-7-17-11)9-4-1-2-5-10(9)15-12/h1-7H,8H2,(H,15,16). The number of para-hydroxylation sites is 1. The molecule has 3 nitrogen and oxygen atoms in total. The van der Waals surface area contributed by atoms with Crippen molar-refractivity contribution in [2.75, 3.05) is 11.9 Å². The average molecular weight is 242 g/mol. The van der Waals surface area contributed by atoms with E-state index in [0.717, 1.165) is 21.8 Å². The van der Waals surface area contributed by atoms with E-state index in [1.807, 2.05) is 41.8 Å². The summed E-state index contributed by atoms with van der Waals surface area (Å²) in [4.78, 5) is 17.0. The van der Waals surface area contributed by atoms with Gasteiger partial charge < -0.3 is 5.32 Å². The van der Waals surface area contributed by atoms with Crippen LogP contribution in [0.5, 0.6) is 0 Å². The highest BCUT2D eigenvalue weighted by molar-refractivity contribution is 7.12. The molecule has 4 heteroatoms. The van der Waals surface area contributed by atoms with Crippen LogP contribution in [0.3, 0.4) is 0 Å². The predicted molar refractivity (Wildman–Crippen MR) is 69.9 cm³/mol. The van der Waals surface area contributed by atoms with Gasteiger partial charge in [-0.15, -0.1) is 11.3 Å². The molecule has 0 spiro atoms. The first kappa shape index (κ1) is 10.2. The number of nitrogens with one attached hydrogen (secondary N) is 1. The third kappa shape index (κ3) is 1.87. The summed E-state index contributed by atoms with van der Waals surface area (Å²) in [6.45, 7) is 0.182. The Morgan fingerprint density at radius 1 is 1.18 bits per heavy atom. The number of aliphatic imine (C=N–C) groups is 1. The SMILES string of the molecule is O=C1CN=C(c2cccs2)c2ccccc2N1. The minimum absolute atomic E-state index is 0.0657. The van der Waals surface area contributed by atoms with Crippen molar-refractivity contribution in [1.82, 2.24) is 0 Å². The van der Waals surface area contributed by atoms with Gasteiger partial charge in [0.2, 0.25) is 5.91 Å². The van der Waals surface area contributed by atoms with Crippen molar-refractivity contribution in [2.24, 2.45) is 4.99 Å². The zero-order chi connectivity index (χ0) is 11.7. The number of hydrogen-bond acceptors (Lipinski definition) is 3. The van der Waals surface area contributed by atoms with Crippen LogP contribution < -0.4 is 5.32 Å². The second-order valence-electron chi connectivity index (χ2n) is 3.74. The van der Waals surface area contributed by atoms with Gasteiger partial charge in [-0.25, -0.2) is 0 Å². The molecule has 1 aliphatic heterocycles. The van der Waals surface area contributed by atoms with Crippen molar-refractivity contribution in [3.8, 4) is 0 Å². The van der Waals surface area contributed by atoms with Gasteiger partial charge in [0.25, 0.3) is 0 Å². The Morgan fingerprint density at radius 2 is 2.06 bits per heavy atom. The zero-order valence-electron chi connectivity index (χ0n) is 9.01. The van der Waals surface area contributed by atoms with Crippen LogP contribution in [0.2, 0.25) is 0 Å². The van der Waals surface area contributed by atoms with E-state index in [0.29, 0.717) is 0 Å². The van der Waals surface area contributed by atoms with Crippen molar-refractivity contribution in [3.05, 3.63) is 52.2 Å². The first-order valence-electron chi connectivity index (χ1n) is 5.32. The van der Waals surface area contributed by atoms with Crippen LogP contribution >= 0.6 is 11.3 Å². The lowest BCUT2D eigenvalue weighted by atomic mass is 10.1. The third-order valence-electron chi connectivity index (χ3n) is 2.59. The van der Waals surface area contributed by atoms with Crippen molar-refractivity contribution in [3.63, 3.8) is 0 Å². The molecule has 0 radical (unpaired) electrons. The number of benzene rings is 1. The number of amides is 1. The third-order valence-corrected chi connectivity index (χ3v) is 3.47. The molecule has 2 aromatic rings. The van der Waals surface area contributed by atoms with Crippen LogP contribution in [-0.4, -0.2) is 18.2 Å². The minimum atomic E-state index is -0.0657. The molecule has 1 aliphatic rings. The Balaban J connectivity index is 2.18. The second-order valence-corrected chi connectivity index (χ2v) is 4.68. The second kappa shape index (κ2) is 4.14. The molecular weight excluding hydrogens is 232 g/mol. The summed E-state index contributed by atoms with van der Waals surface area (Å²) >= 11 is 1.63. The molecule has 0 fully saturated rings. The summed E-state index contributed by atoms with van der Waals surface area (Å²) in [5, 5.41) is 4.88. The molecule has 0 unspecified atom stereocenters. The lowest BCUT2D eigenvalue weighted by molar-refractivity contribution is -0.114. The number of nitrogens with zero attached hydrogens (tertiary/aromatic N) is 1. The Morgan fingerprint density at radius 3 is 2.88 bits per heavy atom. The van der Waals surface area contributed by atoms with Crippen molar-refractivity contribution < 1.29 is 4.79 Å². The summed E-state index contributed by atoms with van der Waals surface area (Å²) < 4.78 is 0. The van der Waals surface area contributed by atoms with E-state index in [1.165, 1.54) is 0 Å². The molecule has 1 aromatic carbocycles. The first-order chi connectivity index (χ1) is 8.34.